The van der Waals surface area contributed by atoms with Crippen molar-refractivity contribution in [2.45, 2.75) is 11.9 Å². The van der Waals surface area contributed by atoms with Crippen molar-refractivity contribution in [3.05, 3.63) is 71.8 Å². The van der Waals surface area contributed by atoms with Crippen LogP contribution >= 0.6 is 0 Å². The minimum absolute atomic E-state index is 0.428. The molecule has 0 spiro atoms. The molecule has 92 valence electrons. The molecule has 1 aliphatic heterocycles. The summed E-state index contributed by atoms with van der Waals surface area (Å²) < 4.78 is 5.36. The van der Waals surface area contributed by atoms with E-state index >= 15 is 0 Å². The normalized spacial score (nSPS) is 21.3. The summed E-state index contributed by atoms with van der Waals surface area (Å²) in [4.78, 5) is 10.6. The van der Waals surface area contributed by atoms with E-state index in [0.29, 0.717) is 0 Å². The molecule has 0 aromatic heterocycles. The molecule has 1 aliphatic rings. The summed E-state index contributed by atoms with van der Waals surface area (Å²) >= 11 is 0. The lowest BCUT2D eigenvalue weighted by molar-refractivity contribution is -0.553. The number of rotatable bonds is 3. The number of hydrogen-bond donors (Lipinski definition) is 0. The predicted molar refractivity (Wildman–Crippen MR) is 66.6 cm³/mol. The SMILES string of the molecule is COC1OOC1(c1ccccc1)c1ccccc1. The largest absolute Gasteiger partial charge is 0.350 e. The van der Waals surface area contributed by atoms with Crippen LogP contribution in [0, 0.1) is 0 Å². The maximum atomic E-state index is 5.47. The molecule has 1 heterocycles. The summed E-state index contributed by atoms with van der Waals surface area (Å²) in [6.07, 6.45) is -0.428. The zero-order chi connectivity index (χ0) is 12.4. The van der Waals surface area contributed by atoms with Crippen LogP contribution in [0.15, 0.2) is 60.7 Å². The number of hydrogen-bond acceptors (Lipinski definition) is 3. The van der Waals surface area contributed by atoms with Gasteiger partial charge in [0.25, 0.3) is 0 Å². The van der Waals surface area contributed by atoms with Gasteiger partial charge < -0.3 is 4.74 Å². The van der Waals surface area contributed by atoms with Crippen molar-refractivity contribution >= 4 is 0 Å². The lowest BCUT2D eigenvalue weighted by atomic mass is 9.84. The zero-order valence-electron chi connectivity index (χ0n) is 10.1. The fourth-order valence-electron chi connectivity index (χ4n) is 2.30. The molecule has 0 aliphatic carbocycles. The minimum atomic E-state index is -0.669. The average Bonchev–Trinajstić information content (AvgIpc) is 2.41. The van der Waals surface area contributed by atoms with Crippen LogP contribution in [0.4, 0.5) is 0 Å². The summed E-state index contributed by atoms with van der Waals surface area (Å²) in [5, 5.41) is 0. The van der Waals surface area contributed by atoms with Crippen LogP contribution in [0.2, 0.25) is 0 Å². The first-order valence-electron chi connectivity index (χ1n) is 5.86. The second kappa shape index (κ2) is 4.53. The molecule has 18 heavy (non-hydrogen) atoms. The molecule has 3 rings (SSSR count). The van der Waals surface area contributed by atoms with Crippen molar-refractivity contribution in [2.24, 2.45) is 0 Å². The van der Waals surface area contributed by atoms with Gasteiger partial charge in [-0.3, -0.25) is 0 Å². The Hall–Kier alpha value is -1.68. The molecule has 3 nitrogen and oxygen atoms in total. The van der Waals surface area contributed by atoms with Crippen LogP contribution in [-0.2, 0) is 20.1 Å². The van der Waals surface area contributed by atoms with Gasteiger partial charge in [-0.1, -0.05) is 60.7 Å². The van der Waals surface area contributed by atoms with E-state index in [9.17, 15) is 0 Å². The minimum Gasteiger partial charge on any atom is -0.350 e. The molecule has 1 saturated heterocycles. The van der Waals surface area contributed by atoms with Crippen LogP contribution in [0.25, 0.3) is 0 Å². The zero-order valence-corrected chi connectivity index (χ0v) is 10.1. The van der Waals surface area contributed by atoms with Crippen LogP contribution < -0.4 is 0 Å². The smallest absolute Gasteiger partial charge is 0.232 e. The maximum Gasteiger partial charge on any atom is 0.232 e. The molecule has 0 radical (unpaired) electrons. The van der Waals surface area contributed by atoms with Gasteiger partial charge in [-0.2, -0.15) is 4.89 Å². The number of ether oxygens (including phenoxy) is 1. The van der Waals surface area contributed by atoms with E-state index in [2.05, 4.69) is 0 Å². The van der Waals surface area contributed by atoms with Crippen molar-refractivity contribution in [1.29, 1.82) is 0 Å². The van der Waals surface area contributed by atoms with E-state index in [-0.39, 0.29) is 0 Å². The van der Waals surface area contributed by atoms with Crippen molar-refractivity contribution < 1.29 is 14.5 Å². The Morgan fingerprint density at radius 3 is 1.72 bits per heavy atom. The average molecular weight is 242 g/mol. The molecule has 1 fully saturated rings. The Morgan fingerprint density at radius 1 is 0.889 bits per heavy atom. The summed E-state index contributed by atoms with van der Waals surface area (Å²) in [5.41, 5.74) is 1.38. The first-order chi connectivity index (χ1) is 8.88. The third-order valence-electron chi connectivity index (χ3n) is 3.22. The molecule has 1 atom stereocenters. The Balaban J connectivity index is 2.11. The number of methoxy groups -OCH3 is 1. The van der Waals surface area contributed by atoms with Crippen LogP contribution in [-0.4, -0.2) is 13.4 Å². The second-order valence-electron chi connectivity index (χ2n) is 4.21. The molecular formula is C15H14O3. The van der Waals surface area contributed by atoms with Gasteiger partial charge in [0.15, 0.2) is 0 Å². The van der Waals surface area contributed by atoms with Gasteiger partial charge in [0.05, 0.1) is 0 Å². The van der Waals surface area contributed by atoms with Gasteiger partial charge >= 0.3 is 0 Å². The Bertz CT molecular complexity index is 468. The van der Waals surface area contributed by atoms with E-state index in [0.717, 1.165) is 11.1 Å². The fourth-order valence-corrected chi connectivity index (χ4v) is 2.30. The van der Waals surface area contributed by atoms with E-state index in [4.69, 9.17) is 14.5 Å². The van der Waals surface area contributed by atoms with E-state index in [1.54, 1.807) is 7.11 Å². The third kappa shape index (κ3) is 1.56. The molecule has 2 aromatic carbocycles. The van der Waals surface area contributed by atoms with Gasteiger partial charge in [-0.25, -0.2) is 4.89 Å². The Labute approximate surface area is 106 Å². The van der Waals surface area contributed by atoms with Crippen molar-refractivity contribution in [1.82, 2.24) is 0 Å². The van der Waals surface area contributed by atoms with Crippen molar-refractivity contribution in [3.63, 3.8) is 0 Å². The summed E-state index contributed by atoms with van der Waals surface area (Å²) in [6.45, 7) is 0. The third-order valence-corrected chi connectivity index (χ3v) is 3.22. The first kappa shape index (κ1) is 11.4. The monoisotopic (exact) mass is 242 g/mol. The maximum absolute atomic E-state index is 5.47. The van der Waals surface area contributed by atoms with Gasteiger partial charge in [0.1, 0.15) is 0 Å². The molecular weight excluding hydrogens is 228 g/mol. The van der Waals surface area contributed by atoms with E-state index in [1.165, 1.54) is 0 Å². The Morgan fingerprint density at radius 2 is 1.39 bits per heavy atom. The fraction of sp³-hybridized carbons (Fsp3) is 0.200. The first-order valence-corrected chi connectivity index (χ1v) is 5.86. The molecule has 0 N–H and O–H groups in total. The van der Waals surface area contributed by atoms with Gasteiger partial charge in [0.2, 0.25) is 11.9 Å². The highest BCUT2D eigenvalue weighted by Crippen LogP contribution is 2.45. The quantitative estimate of drug-likeness (QED) is 0.774. The predicted octanol–water partition coefficient (Wildman–Crippen LogP) is 2.86. The van der Waals surface area contributed by atoms with Gasteiger partial charge in [-0.05, 0) is 11.1 Å². The van der Waals surface area contributed by atoms with Crippen LogP contribution in [0.5, 0.6) is 0 Å². The molecule has 0 bridgehead atoms. The van der Waals surface area contributed by atoms with E-state index in [1.807, 2.05) is 60.7 Å². The summed E-state index contributed by atoms with van der Waals surface area (Å²) in [6, 6.07) is 19.9. The molecule has 2 aromatic rings. The lowest BCUT2D eigenvalue weighted by Crippen LogP contribution is -2.55. The summed E-state index contributed by atoms with van der Waals surface area (Å²) in [5.74, 6) is 0. The van der Waals surface area contributed by atoms with Crippen molar-refractivity contribution in [2.75, 3.05) is 7.11 Å². The standard InChI is InChI=1S/C15H14O3/c1-16-14-15(18-17-14,12-8-4-2-5-9-12)13-10-6-3-7-11-13/h2-11,14H,1H3. The molecule has 0 amide bonds. The molecule has 0 saturated carbocycles. The molecule has 3 heteroatoms. The molecule has 1 unspecified atom stereocenters. The van der Waals surface area contributed by atoms with Gasteiger partial charge in [-0.15, -0.1) is 0 Å². The van der Waals surface area contributed by atoms with Crippen LogP contribution in [0.3, 0.4) is 0 Å². The van der Waals surface area contributed by atoms with Crippen molar-refractivity contribution in [3.8, 4) is 0 Å². The Kier molecular flexibility index (Phi) is 2.88. The second-order valence-corrected chi connectivity index (χ2v) is 4.21. The topological polar surface area (TPSA) is 27.7 Å². The highest BCUT2D eigenvalue weighted by molar-refractivity contribution is 5.38. The highest BCUT2D eigenvalue weighted by Gasteiger charge is 2.55. The lowest BCUT2D eigenvalue weighted by Gasteiger charge is -2.46. The van der Waals surface area contributed by atoms with Crippen LogP contribution in [0.1, 0.15) is 11.1 Å². The highest BCUT2D eigenvalue weighted by atomic mass is 17.3. The summed E-state index contributed by atoms with van der Waals surface area (Å²) in [7, 11) is 1.62. The van der Waals surface area contributed by atoms with Gasteiger partial charge in [0, 0.05) is 7.11 Å². The number of benzene rings is 2. The van der Waals surface area contributed by atoms with E-state index < -0.39 is 11.9 Å².